The summed E-state index contributed by atoms with van der Waals surface area (Å²) in [7, 11) is 0. The summed E-state index contributed by atoms with van der Waals surface area (Å²) in [5.41, 5.74) is 0.189. The highest BCUT2D eigenvalue weighted by molar-refractivity contribution is 6.52. The van der Waals surface area contributed by atoms with Crippen LogP contribution in [0.25, 0.3) is 0 Å². The molecule has 4 heteroatoms. The molecule has 3 nitrogen and oxygen atoms in total. The maximum absolute atomic E-state index is 13.4. The number of carbonyl (C=O) groups is 2. The molecule has 76 valence electrons. The van der Waals surface area contributed by atoms with Crippen molar-refractivity contribution in [3.63, 3.8) is 0 Å². The molecule has 0 aromatic heterocycles. The lowest BCUT2D eigenvalue weighted by molar-refractivity contribution is -0.114. The zero-order valence-corrected chi connectivity index (χ0v) is 7.87. The minimum atomic E-state index is -0.699. The Morgan fingerprint density at radius 1 is 1.40 bits per heavy atom. The molecule has 1 aliphatic rings. The van der Waals surface area contributed by atoms with Crippen molar-refractivity contribution in [2.24, 2.45) is 0 Å². The predicted octanol–water partition coefficient (Wildman–Crippen LogP) is 1.54. The van der Waals surface area contributed by atoms with E-state index in [1.54, 1.807) is 0 Å². The van der Waals surface area contributed by atoms with E-state index in [4.69, 9.17) is 0 Å². The molecule has 1 heterocycles. The van der Waals surface area contributed by atoms with Gasteiger partial charge in [0.1, 0.15) is 5.82 Å². The molecule has 0 atom stereocenters. The summed E-state index contributed by atoms with van der Waals surface area (Å²) >= 11 is 0. The van der Waals surface area contributed by atoms with Crippen LogP contribution in [-0.2, 0) is 4.79 Å². The van der Waals surface area contributed by atoms with E-state index in [1.807, 2.05) is 0 Å². The van der Waals surface area contributed by atoms with Gasteiger partial charge in [-0.2, -0.15) is 0 Å². The Morgan fingerprint density at radius 2 is 2.13 bits per heavy atom. The molecule has 0 bridgehead atoms. The quantitative estimate of drug-likeness (QED) is 0.542. The number of anilines is 1. The van der Waals surface area contributed by atoms with Gasteiger partial charge in [0.15, 0.2) is 0 Å². The minimum Gasteiger partial charge on any atom is -0.298 e. The fraction of sp³-hybridized carbons (Fsp3) is 0.0909. The standard InChI is InChI=1S/C11H8FNO2/c1-2-6-13-9-7(10(14)11(13)15)4-3-5-8(9)12/h2-5H,1,6H2. The molecule has 0 saturated carbocycles. The highest BCUT2D eigenvalue weighted by Crippen LogP contribution is 2.31. The van der Waals surface area contributed by atoms with Crippen molar-refractivity contribution in [3.05, 3.63) is 42.2 Å². The number of ketones is 1. The SMILES string of the molecule is C=CCN1C(=O)C(=O)c2cccc(F)c21. The fourth-order valence-corrected chi connectivity index (χ4v) is 1.62. The average molecular weight is 205 g/mol. The van der Waals surface area contributed by atoms with Crippen molar-refractivity contribution >= 4 is 17.4 Å². The number of Topliss-reactive ketones (excluding diaryl/α,β-unsaturated/α-hetero) is 1. The van der Waals surface area contributed by atoms with Gasteiger partial charge in [0.05, 0.1) is 11.3 Å². The highest BCUT2D eigenvalue weighted by atomic mass is 19.1. The second kappa shape index (κ2) is 3.31. The molecule has 0 spiro atoms. The Balaban J connectivity index is 2.61. The lowest BCUT2D eigenvalue weighted by Crippen LogP contribution is -2.30. The summed E-state index contributed by atoms with van der Waals surface area (Å²) in [5, 5.41) is 0. The lowest BCUT2D eigenvalue weighted by Gasteiger charge is -2.13. The van der Waals surface area contributed by atoms with Crippen LogP contribution in [0.15, 0.2) is 30.9 Å². The Hall–Kier alpha value is -1.97. The number of nitrogens with zero attached hydrogens (tertiary/aromatic N) is 1. The Kier molecular flexibility index (Phi) is 2.11. The largest absolute Gasteiger partial charge is 0.299 e. The van der Waals surface area contributed by atoms with Crippen LogP contribution < -0.4 is 4.90 Å². The molecule has 1 aliphatic heterocycles. The topological polar surface area (TPSA) is 37.4 Å². The molecule has 0 unspecified atom stereocenters. The second-order valence-electron chi connectivity index (χ2n) is 3.17. The van der Waals surface area contributed by atoms with E-state index >= 15 is 0 Å². The normalized spacial score (nSPS) is 14.3. The molecule has 0 saturated heterocycles. The third-order valence-corrected chi connectivity index (χ3v) is 2.25. The van der Waals surface area contributed by atoms with Gasteiger partial charge in [-0.25, -0.2) is 4.39 Å². The molecule has 2 rings (SSSR count). The van der Waals surface area contributed by atoms with Crippen molar-refractivity contribution in [3.8, 4) is 0 Å². The summed E-state index contributed by atoms with van der Waals surface area (Å²) in [6, 6.07) is 4.08. The summed E-state index contributed by atoms with van der Waals surface area (Å²) in [4.78, 5) is 24.0. The number of carbonyl (C=O) groups excluding carboxylic acids is 2. The van der Waals surface area contributed by atoms with Gasteiger partial charge in [0.25, 0.3) is 11.7 Å². The molecule has 0 radical (unpaired) electrons. The number of benzene rings is 1. The van der Waals surface area contributed by atoms with Gasteiger partial charge in [0, 0.05) is 6.54 Å². The predicted molar refractivity (Wildman–Crippen MR) is 53.3 cm³/mol. The molecule has 1 aromatic rings. The summed E-state index contributed by atoms with van der Waals surface area (Å²) in [6.45, 7) is 3.60. The lowest BCUT2D eigenvalue weighted by atomic mass is 10.1. The zero-order chi connectivity index (χ0) is 11.0. The van der Waals surface area contributed by atoms with Crippen LogP contribution in [0.1, 0.15) is 10.4 Å². The maximum Gasteiger partial charge on any atom is 0.299 e. The zero-order valence-electron chi connectivity index (χ0n) is 7.87. The van der Waals surface area contributed by atoms with E-state index in [2.05, 4.69) is 6.58 Å². The average Bonchev–Trinajstić information content (AvgIpc) is 2.46. The monoisotopic (exact) mass is 205 g/mol. The van der Waals surface area contributed by atoms with Gasteiger partial charge >= 0.3 is 0 Å². The molecule has 15 heavy (non-hydrogen) atoms. The first kappa shape index (κ1) is 9.58. The summed E-state index contributed by atoms with van der Waals surface area (Å²) < 4.78 is 13.4. The van der Waals surface area contributed by atoms with E-state index in [0.717, 1.165) is 4.90 Å². The van der Waals surface area contributed by atoms with E-state index in [0.29, 0.717) is 0 Å². The third-order valence-electron chi connectivity index (χ3n) is 2.25. The van der Waals surface area contributed by atoms with Gasteiger partial charge in [-0.05, 0) is 12.1 Å². The van der Waals surface area contributed by atoms with Crippen molar-refractivity contribution < 1.29 is 14.0 Å². The van der Waals surface area contributed by atoms with Gasteiger partial charge in [-0.15, -0.1) is 6.58 Å². The Bertz CT molecular complexity index is 468. The number of fused-ring (bicyclic) bond motifs is 1. The smallest absolute Gasteiger partial charge is 0.298 e. The van der Waals surface area contributed by atoms with Crippen molar-refractivity contribution in [2.45, 2.75) is 0 Å². The van der Waals surface area contributed by atoms with Crippen LogP contribution in [0.5, 0.6) is 0 Å². The molecular formula is C11H8FNO2. The van der Waals surface area contributed by atoms with Crippen LogP contribution in [0.2, 0.25) is 0 Å². The molecule has 0 aliphatic carbocycles. The summed E-state index contributed by atoms with van der Waals surface area (Å²) in [5.74, 6) is -1.92. The fourth-order valence-electron chi connectivity index (χ4n) is 1.62. The van der Waals surface area contributed by atoms with Gasteiger partial charge in [0.2, 0.25) is 0 Å². The van der Waals surface area contributed by atoms with Crippen LogP contribution in [0.4, 0.5) is 10.1 Å². The van der Waals surface area contributed by atoms with Crippen LogP contribution in [0.3, 0.4) is 0 Å². The number of hydrogen-bond acceptors (Lipinski definition) is 2. The van der Waals surface area contributed by atoms with Gasteiger partial charge in [-0.1, -0.05) is 12.1 Å². The third kappa shape index (κ3) is 1.26. The maximum atomic E-state index is 13.4. The number of halogens is 1. The summed E-state index contributed by atoms with van der Waals surface area (Å²) in [6.07, 6.45) is 1.45. The van der Waals surface area contributed by atoms with E-state index in [9.17, 15) is 14.0 Å². The number of amides is 1. The van der Waals surface area contributed by atoms with Crippen LogP contribution in [0, 0.1) is 5.82 Å². The molecular weight excluding hydrogens is 197 g/mol. The van der Waals surface area contributed by atoms with E-state index < -0.39 is 17.5 Å². The molecule has 1 aromatic carbocycles. The number of hydrogen-bond donors (Lipinski definition) is 0. The number of para-hydroxylation sites is 1. The first-order valence-electron chi connectivity index (χ1n) is 4.42. The minimum absolute atomic E-state index is 0.0624. The Labute approximate surface area is 85.8 Å². The highest BCUT2D eigenvalue weighted by Gasteiger charge is 2.36. The molecule has 0 N–H and O–H groups in total. The van der Waals surface area contributed by atoms with Crippen LogP contribution in [-0.4, -0.2) is 18.2 Å². The van der Waals surface area contributed by atoms with Gasteiger partial charge in [-0.3, -0.25) is 14.5 Å². The molecule has 1 amide bonds. The first-order valence-corrected chi connectivity index (χ1v) is 4.42. The van der Waals surface area contributed by atoms with Crippen molar-refractivity contribution in [1.29, 1.82) is 0 Å². The Morgan fingerprint density at radius 3 is 2.80 bits per heavy atom. The first-order chi connectivity index (χ1) is 7.16. The van der Waals surface area contributed by atoms with Crippen molar-refractivity contribution in [1.82, 2.24) is 0 Å². The second-order valence-corrected chi connectivity index (χ2v) is 3.17. The molecule has 0 fully saturated rings. The van der Waals surface area contributed by atoms with Crippen molar-refractivity contribution in [2.75, 3.05) is 11.4 Å². The van der Waals surface area contributed by atoms with E-state index in [-0.39, 0.29) is 17.8 Å². The number of rotatable bonds is 2. The van der Waals surface area contributed by atoms with Crippen LogP contribution >= 0.6 is 0 Å². The van der Waals surface area contributed by atoms with Gasteiger partial charge < -0.3 is 0 Å². The van der Waals surface area contributed by atoms with E-state index in [1.165, 1.54) is 24.3 Å².